The number of hydrogen-bond acceptors (Lipinski definition) is 2. The molecule has 5 nitrogen and oxygen atoms in total. The van der Waals surface area contributed by atoms with Gasteiger partial charge in [0.1, 0.15) is 0 Å². The van der Waals surface area contributed by atoms with Crippen molar-refractivity contribution in [2.45, 2.75) is 31.8 Å². The minimum Gasteiger partial charge on any atom is -0.481 e. The zero-order chi connectivity index (χ0) is 15.0. The van der Waals surface area contributed by atoms with E-state index in [1.807, 2.05) is 31.2 Å². The fourth-order valence-electron chi connectivity index (χ4n) is 3.09. The molecule has 2 N–H and O–H groups in total. The molecule has 1 aromatic carbocycles. The van der Waals surface area contributed by atoms with Crippen molar-refractivity contribution in [3.05, 3.63) is 42.0 Å². The molecule has 0 radical (unpaired) electrons. The Morgan fingerprint density at radius 1 is 1.29 bits per heavy atom. The van der Waals surface area contributed by atoms with Crippen LogP contribution in [-0.2, 0) is 11.2 Å². The number of para-hydroxylation sites is 1. The Balaban J connectivity index is 1.70. The molecule has 0 saturated carbocycles. The highest BCUT2D eigenvalue weighted by Crippen LogP contribution is 2.32. The lowest BCUT2D eigenvalue weighted by Gasteiger charge is -2.25. The SMILES string of the molecule is CC1Cc2ccccc2N1C(=O)NC1C=CC(C(=O)O)C1. The molecule has 1 aromatic rings. The smallest absolute Gasteiger partial charge is 0.322 e. The van der Waals surface area contributed by atoms with Crippen molar-refractivity contribution in [1.29, 1.82) is 0 Å². The third kappa shape index (κ3) is 2.51. The first-order valence-corrected chi connectivity index (χ1v) is 7.15. The normalized spacial score (nSPS) is 26.7. The lowest BCUT2D eigenvalue weighted by molar-refractivity contribution is -0.140. The molecule has 5 heteroatoms. The summed E-state index contributed by atoms with van der Waals surface area (Å²) in [6, 6.07) is 7.63. The molecule has 1 heterocycles. The van der Waals surface area contributed by atoms with Crippen molar-refractivity contribution >= 4 is 17.7 Å². The molecule has 3 unspecified atom stereocenters. The molecule has 1 aliphatic carbocycles. The van der Waals surface area contributed by atoms with Gasteiger partial charge in [0.25, 0.3) is 0 Å². The van der Waals surface area contributed by atoms with E-state index in [1.165, 1.54) is 5.56 Å². The van der Waals surface area contributed by atoms with E-state index in [0.29, 0.717) is 6.42 Å². The van der Waals surface area contributed by atoms with E-state index in [9.17, 15) is 9.59 Å². The van der Waals surface area contributed by atoms with Crippen molar-refractivity contribution in [2.75, 3.05) is 4.90 Å². The molecule has 0 saturated heterocycles. The lowest BCUT2D eigenvalue weighted by Crippen LogP contribution is -2.46. The average molecular weight is 286 g/mol. The number of urea groups is 1. The molecule has 2 amide bonds. The molecule has 0 aromatic heterocycles. The number of rotatable bonds is 2. The van der Waals surface area contributed by atoms with Gasteiger partial charge in [0.05, 0.1) is 12.0 Å². The summed E-state index contributed by atoms with van der Waals surface area (Å²) in [4.78, 5) is 25.2. The van der Waals surface area contributed by atoms with Crippen LogP contribution in [0.2, 0.25) is 0 Å². The molecular formula is C16H18N2O3. The number of nitrogens with zero attached hydrogens (tertiary/aromatic N) is 1. The Morgan fingerprint density at radius 2 is 2.05 bits per heavy atom. The van der Waals surface area contributed by atoms with Crippen molar-refractivity contribution in [2.24, 2.45) is 5.92 Å². The summed E-state index contributed by atoms with van der Waals surface area (Å²) in [7, 11) is 0. The molecular weight excluding hydrogens is 268 g/mol. The van der Waals surface area contributed by atoms with Gasteiger partial charge >= 0.3 is 12.0 Å². The fraction of sp³-hybridized carbons (Fsp3) is 0.375. The predicted molar refractivity (Wildman–Crippen MR) is 79.3 cm³/mol. The monoisotopic (exact) mass is 286 g/mol. The van der Waals surface area contributed by atoms with E-state index in [4.69, 9.17) is 5.11 Å². The van der Waals surface area contributed by atoms with Crippen LogP contribution in [0, 0.1) is 5.92 Å². The predicted octanol–water partition coefficient (Wildman–Crippen LogP) is 2.18. The Kier molecular flexibility index (Phi) is 3.41. The summed E-state index contributed by atoms with van der Waals surface area (Å²) < 4.78 is 0. The Hall–Kier alpha value is -2.30. The second-order valence-electron chi connectivity index (χ2n) is 5.67. The van der Waals surface area contributed by atoms with E-state index in [-0.39, 0.29) is 18.1 Å². The van der Waals surface area contributed by atoms with E-state index in [0.717, 1.165) is 12.1 Å². The van der Waals surface area contributed by atoms with Gasteiger partial charge in [-0.2, -0.15) is 0 Å². The molecule has 3 rings (SSSR count). The van der Waals surface area contributed by atoms with Gasteiger partial charge in [-0.25, -0.2) is 4.79 Å². The van der Waals surface area contributed by atoms with Crippen molar-refractivity contribution in [3.8, 4) is 0 Å². The number of benzene rings is 1. The maximum Gasteiger partial charge on any atom is 0.322 e. The number of aliphatic carboxylic acids is 1. The van der Waals surface area contributed by atoms with Crippen LogP contribution in [0.4, 0.5) is 10.5 Å². The minimum absolute atomic E-state index is 0.114. The number of fused-ring (bicyclic) bond motifs is 1. The van der Waals surface area contributed by atoms with Gasteiger partial charge < -0.3 is 10.4 Å². The first kappa shape index (κ1) is 13.7. The maximum atomic E-state index is 12.5. The fourth-order valence-corrected chi connectivity index (χ4v) is 3.09. The van der Waals surface area contributed by atoms with Gasteiger partial charge in [0, 0.05) is 11.7 Å². The van der Waals surface area contributed by atoms with Crippen LogP contribution in [0.3, 0.4) is 0 Å². The van der Waals surface area contributed by atoms with Gasteiger partial charge in [-0.15, -0.1) is 0 Å². The maximum absolute atomic E-state index is 12.5. The van der Waals surface area contributed by atoms with Crippen LogP contribution < -0.4 is 10.2 Å². The molecule has 0 bridgehead atoms. The highest BCUT2D eigenvalue weighted by molar-refractivity contribution is 5.95. The number of carbonyl (C=O) groups excluding carboxylic acids is 1. The number of nitrogens with one attached hydrogen (secondary N) is 1. The Labute approximate surface area is 123 Å². The van der Waals surface area contributed by atoms with Gasteiger partial charge in [-0.1, -0.05) is 30.4 Å². The third-order valence-corrected chi connectivity index (χ3v) is 4.14. The van der Waals surface area contributed by atoms with Crippen LogP contribution in [0.15, 0.2) is 36.4 Å². The van der Waals surface area contributed by atoms with Gasteiger partial charge in [0.15, 0.2) is 0 Å². The molecule has 0 fully saturated rings. The number of hydrogen-bond donors (Lipinski definition) is 2. The Morgan fingerprint density at radius 3 is 2.76 bits per heavy atom. The van der Waals surface area contributed by atoms with Crippen molar-refractivity contribution in [1.82, 2.24) is 5.32 Å². The number of carboxylic acids is 1. The summed E-state index contributed by atoms with van der Waals surface area (Å²) in [5.41, 5.74) is 2.12. The first-order chi connectivity index (χ1) is 10.1. The molecule has 1 aliphatic heterocycles. The van der Waals surface area contributed by atoms with E-state index in [1.54, 1.807) is 17.1 Å². The van der Waals surface area contributed by atoms with Crippen molar-refractivity contribution in [3.63, 3.8) is 0 Å². The zero-order valence-corrected chi connectivity index (χ0v) is 11.8. The average Bonchev–Trinajstić information content (AvgIpc) is 3.01. The Bertz CT molecular complexity index is 611. The largest absolute Gasteiger partial charge is 0.481 e. The van der Waals surface area contributed by atoms with Gasteiger partial charge in [-0.3, -0.25) is 9.69 Å². The highest BCUT2D eigenvalue weighted by atomic mass is 16.4. The number of carbonyl (C=O) groups is 2. The van der Waals surface area contributed by atoms with Gasteiger partial charge in [0.2, 0.25) is 0 Å². The number of anilines is 1. The van der Waals surface area contributed by atoms with Gasteiger partial charge in [-0.05, 0) is 31.4 Å². The van der Waals surface area contributed by atoms with Crippen LogP contribution >= 0.6 is 0 Å². The van der Waals surface area contributed by atoms with Crippen LogP contribution in [0.1, 0.15) is 18.9 Å². The summed E-state index contributed by atoms with van der Waals surface area (Å²) in [6.07, 6.45) is 4.69. The second-order valence-corrected chi connectivity index (χ2v) is 5.67. The molecule has 2 aliphatic rings. The van der Waals surface area contributed by atoms with E-state index in [2.05, 4.69) is 5.32 Å². The second kappa shape index (κ2) is 5.24. The molecule has 110 valence electrons. The van der Waals surface area contributed by atoms with Crippen LogP contribution in [-0.4, -0.2) is 29.2 Å². The topological polar surface area (TPSA) is 69.6 Å². The first-order valence-electron chi connectivity index (χ1n) is 7.15. The van der Waals surface area contributed by atoms with Crippen LogP contribution in [0.5, 0.6) is 0 Å². The van der Waals surface area contributed by atoms with Crippen LogP contribution in [0.25, 0.3) is 0 Å². The third-order valence-electron chi connectivity index (χ3n) is 4.14. The summed E-state index contributed by atoms with van der Waals surface area (Å²) in [6.45, 7) is 2.02. The number of amides is 2. The standard InChI is InChI=1S/C16H18N2O3/c1-10-8-11-4-2-3-5-14(11)18(10)16(21)17-13-7-6-12(9-13)15(19)20/h2-7,10,12-13H,8-9H2,1H3,(H,17,21)(H,19,20). The van der Waals surface area contributed by atoms with Crippen molar-refractivity contribution < 1.29 is 14.7 Å². The minimum atomic E-state index is -0.845. The number of carboxylic acid groups (broad SMARTS) is 1. The summed E-state index contributed by atoms with van der Waals surface area (Å²) in [5, 5.41) is 11.9. The summed E-state index contributed by atoms with van der Waals surface area (Å²) in [5.74, 6) is -1.35. The molecule has 3 atom stereocenters. The molecule has 21 heavy (non-hydrogen) atoms. The lowest BCUT2D eigenvalue weighted by atomic mass is 10.1. The quantitative estimate of drug-likeness (QED) is 0.819. The zero-order valence-electron chi connectivity index (χ0n) is 11.8. The van der Waals surface area contributed by atoms with E-state index < -0.39 is 11.9 Å². The van der Waals surface area contributed by atoms with E-state index >= 15 is 0 Å². The highest BCUT2D eigenvalue weighted by Gasteiger charge is 2.33. The summed E-state index contributed by atoms with van der Waals surface area (Å²) >= 11 is 0. The molecule has 0 spiro atoms.